The Balaban J connectivity index is 2.44. The number of benzene rings is 1. The Kier molecular flexibility index (Phi) is 3.24. The Bertz CT molecular complexity index is 576. The van der Waals surface area contributed by atoms with E-state index >= 15 is 0 Å². The fourth-order valence-corrected chi connectivity index (χ4v) is 2.27. The summed E-state index contributed by atoms with van der Waals surface area (Å²) in [6.45, 7) is 6.54. The maximum absolute atomic E-state index is 11.2. The summed E-state index contributed by atoms with van der Waals surface area (Å²) in [5, 5.41) is 9.23. The number of carboxylic acids is 1. The quantitative estimate of drug-likeness (QED) is 0.899. The first-order valence-electron chi connectivity index (χ1n) is 5.95. The van der Waals surface area contributed by atoms with Crippen LogP contribution in [0.5, 0.6) is 0 Å². The van der Waals surface area contributed by atoms with Crippen LogP contribution in [0.2, 0.25) is 0 Å². The van der Waals surface area contributed by atoms with Gasteiger partial charge in [0.25, 0.3) is 0 Å². The van der Waals surface area contributed by atoms with Gasteiger partial charge in [0.15, 0.2) is 0 Å². The van der Waals surface area contributed by atoms with Gasteiger partial charge in [-0.25, -0.2) is 4.79 Å². The van der Waals surface area contributed by atoms with E-state index in [2.05, 4.69) is 26.0 Å². The third-order valence-electron chi connectivity index (χ3n) is 3.34. The SMILES string of the molecule is Cc1cccc(C)c1Cn1ccc(C)c1C(=O)O. The summed E-state index contributed by atoms with van der Waals surface area (Å²) in [6.07, 6.45) is 1.84. The molecule has 0 atom stereocenters. The highest BCUT2D eigenvalue weighted by molar-refractivity contribution is 5.87. The van der Waals surface area contributed by atoms with E-state index in [4.69, 9.17) is 0 Å². The lowest BCUT2D eigenvalue weighted by Crippen LogP contribution is -2.11. The molecule has 0 aliphatic rings. The molecule has 0 radical (unpaired) electrons. The van der Waals surface area contributed by atoms with E-state index in [1.807, 2.05) is 25.3 Å². The van der Waals surface area contributed by atoms with E-state index < -0.39 is 5.97 Å². The van der Waals surface area contributed by atoms with Gasteiger partial charge in [-0.2, -0.15) is 0 Å². The highest BCUT2D eigenvalue weighted by Gasteiger charge is 2.14. The first-order chi connectivity index (χ1) is 8.50. The standard InChI is InChI=1S/C15H17NO2/c1-10-5-4-6-11(2)13(10)9-16-8-7-12(3)14(16)15(17)18/h4-8H,9H2,1-3H3,(H,17,18). The van der Waals surface area contributed by atoms with E-state index in [0.717, 1.165) is 5.56 Å². The molecule has 0 bridgehead atoms. The summed E-state index contributed by atoms with van der Waals surface area (Å²) >= 11 is 0. The zero-order valence-electron chi connectivity index (χ0n) is 10.9. The van der Waals surface area contributed by atoms with Crippen molar-refractivity contribution in [2.45, 2.75) is 27.3 Å². The van der Waals surface area contributed by atoms with Crippen molar-refractivity contribution in [3.8, 4) is 0 Å². The molecule has 94 valence electrons. The van der Waals surface area contributed by atoms with Gasteiger partial charge in [0.1, 0.15) is 5.69 Å². The zero-order chi connectivity index (χ0) is 13.3. The molecule has 0 fully saturated rings. The fraction of sp³-hybridized carbons (Fsp3) is 0.267. The Morgan fingerprint density at radius 3 is 2.28 bits per heavy atom. The average molecular weight is 243 g/mol. The van der Waals surface area contributed by atoms with Crippen LogP contribution in [-0.2, 0) is 6.54 Å². The summed E-state index contributed by atoms with van der Waals surface area (Å²) in [6, 6.07) is 7.97. The summed E-state index contributed by atoms with van der Waals surface area (Å²) < 4.78 is 1.80. The molecule has 0 amide bonds. The van der Waals surface area contributed by atoms with Gasteiger partial charge in [-0.3, -0.25) is 0 Å². The number of nitrogens with zero attached hydrogens (tertiary/aromatic N) is 1. The molecule has 0 aliphatic carbocycles. The van der Waals surface area contributed by atoms with Gasteiger partial charge < -0.3 is 9.67 Å². The van der Waals surface area contributed by atoms with Crippen LogP contribution in [-0.4, -0.2) is 15.6 Å². The van der Waals surface area contributed by atoms with Gasteiger partial charge in [0, 0.05) is 12.7 Å². The van der Waals surface area contributed by atoms with Crippen LogP contribution in [0.3, 0.4) is 0 Å². The maximum atomic E-state index is 11.2. The van der Waals surface area contributed by atoms with E-state index in [1.165, 1.54) is 16.7 Å². The lowest BCUT2D eigenvalue weighted by Gasteiger charge is -2.12. The smallest absolute Gasteiger partial charge is 0.352 e. The van der Waals surface area contributed by atoms with Crippen molar-refractivity contribution in [3.05, 3.63) is 58.4 Å². The molecule has 18 heavy (non-hydrogen) atoms. The largest absolute Gasteiger partial charge is 0.477 e. The monoisotopic (exact) mass is 243 g/mol. The number of rotatable bonds is 3. The maximum Gasteiger partial charge on any atom is 0.352 e. The number of hydrogen-bond acceptors (Lipinski definition) is 1. The molecule has 0 aliphatic heterocycles. The van der Waals surface area contributed by atoms with Crippen LogP contribution < -0.4 is 0 Å². The van der Waals surface area contributed by atoms with Crippen LogP contribution in [0.1, 0.15) is 32.7 Å². The molecular formula is C15H17NO2. The molecule has 2 aromatic rings. The van der Waals surface area contributed by atoms with Crippen LogP contribution >= 0.6 is 0 Å². The van der Waals surface area contributed by atoms with Gasteiger partial charge >= 0.3 is 5.97 Å². The van der Waals surface area contributed by atoms with E-state index in [9.17, 15) is 9.90 Å². The summed E-state index contributed by atoms with van der Waals surface area (Å²) in [7, 11) is 0. The summed E-state index contributed by atoms with van der Waals surface area (Å²) in [5.74, 6) is -0.872. The highest BCUT2D eigenvalue weighted by atomic mass is 16.4. The number of aromatic nitrogens is 1. The van der Waals surface area contributed by atoms with Crippen molar-refractivity contribution in [2.75, 3.05) is 0 Å². The zero-order valence-corrected chi connectivity index (χ0v) is 10.9. The first-order valence-corrected chi connectivity index (χ1v) is 5.95. The van der Waals surface area contributed by atoms with Gasteiger partial charge in [-0.05, 0) is 49.1 Å². The molecule has 0 saturated carbocycles. The number of aryl methyl sites for hydroxylation is 3. The summed E-state index contributed by atoms with van der Waals surface area (Å²) in [5.41, 5.74) is 4.75. The van der Waals surface area contributed by atoms with Crippen molar-refractivity contribution >= 4 is 5.97 Å². The normalized spacial score (nSPS) is 10.6. The molecular weight excluding hydrogens is 226 g/mol. The highest BCUT2D eigenvalue weighted by Crippen LogP contribution is 2.18. The minimum absolute atomic E-state index is 0.373. The van der Waals surface area contributed by atoms with E-state index in [-0.39, 0.29) is 0 Å². The number of carboxylic acid groups (broad SMARTS) is 1. The molecule has 0 spiro atoms. The molecule has 3 nitrogen and oxygen atoms in total. The van der Waals surface area contributed by atoms with Gasteiger partial charge in [-0.1, -0.05) is 18.2 Å². The second kappa shape index (κ2) is 4.69. The average Bonchev–Trinajstić information content (AvgIpc) is 2.65. The Hall–Kier alpha value is -2.03. The molecule has 1 aromatic heterocycles. The Labute approximate surface area is 107 Å². The van der Waals surface area contributed by atoms with Crippen LogP contribution in [0.25, 0.3) is 0 Å². The lowest BCUT2D eigenvalue weighted by atomic mass is 10.0. The second-order valence-corrected chi connectivity index (χ2v) is 4.65. The lowest BCUT2D eigenvalue weighted by molar-refractivity contribution is 0.0685. The molecule has 3 heteroatoms. The topological polar surface area (TPSA) is 42.2 Å². The van der Waals surface area contributed by atoms with Crippen LogP contribution in [0, 0.1) is 20.8 Å². The van der Waals surface area contributed by atoms with Crippen molar-refractivity contribution in [1.29, 1.82) is 0 Å². The Morgan fingerprint density at radius 1 is 1.11 bits per heavy atom. The molecule has 2 rings (SSSR count). The van der Waals surface area contributed by atoms with Crippen molar-refractivity contribution in [2.24, 2.45) is 0 Å². The molecule has 1 heterocycles. The van der Waals surface area contributed by atoms with Crippen LogP contribution in [0.4, 0.5) is 0 Å². The van der Waals surface area contributed by atoms with Gasteiger partial charge in [0.2, 0.25) is 0 Å². The number of hydrogen-bond donors (Lipinski definition) is 1. The van der Waals surface area contributed by atoms with Crippen molar-refractivity contribution in [1.82, 2.24) is 4.57 Å². The third kappa shape index (κ3) is 2.16. The molecule has 1 N–H and O–H groups in total. The Morgan fingerprint density at radius 2 is 1.72 bits per heavy atom. The fourth-order valence-electron chi connectivity index (χ4n) is 2.27. The predicted octanol–water partition coefficient (Wildman–Crippen LogP) is 3.16. The predicted molar refractivity (Wildman–Crippen MR) is 71.1 cm³/mol. The molecule has 0 saturated heterocycles. The molecule has 0 unspecified atom stereocenters. The minimum atomic E-state index is -0.872. The first kappa shape index (κ1) is 12.4. The van der Waals surface area contributed by atoms with E-state index in [0.29, 0.717) is 12.2 Å². The van der Waals surface area contributed by atoms with Crippen molar-refractivity contribution < 1.29 is 9.90 Å². The van der Waals surface area contributed by atoms with Crippen LogP contribution in [0.15, 0.2) is 30.5 Å². The number of aromatic carboxylic acids is 1. The third-order valence-corrected chi connectivity index (χ3v) is 3.34. The van der Waals surface area contributed by atoms with Gasteiger partial charge in [-0.15, -0.1) is 0 Å². The van der Waals surface area contributed by atoms with Gasteiger partial charge in [0.05, 0.1) is 0 Å². The number of carbonyl (C=O) groups is 1. The van der Waals surface area contributed by atoms with Crippen molar-refractivity contribution in [3.63, 3.8) is 0 Å². The summed E-state index contributed by atoms with van der Waals surface area (Å²) in [4.78, 5) is 11.2. The molecule has 1 aromatic carbocycles. The minimum Gasteiger partial charge on any atom is -0.477 e. The second-order valence-electron chi connectivity index (χ2n) is 4.65. The van der Waals surface area contributed by atoms with E-state index in [1.54, 1.807) is 4.57 Å².